The highest BCUT2D eigenvalue weighted by Crippen LogP contribution is 2.33. The second-order valence-electron chi connectivity index (χ2n) is 7.72. The highest BCUT2D eigenvalue weighted by atomic mass is 32.2. The number of sulfonamides is 1. The maximum absolute atomic E-state index is 13.0. The molecule has 0 radical (unpaired) electrons. The zero-order valence-corrected chi connectivity index (χ0v) is 18.1. The summed E-state index contributed by atoms with van der Waals surface area (Å²) in [5.41, 5.74) is 3.20. The first-order valence-electron chi connectivity index (χ1n) is 10.4. The normalized spacial score (nSPS) is 14.6. The first-order valence-corrected chi connectivity index (χ1v) is 11.9. The number of fused-ring (bicyclic) bond motifs is 1. The van der Waals surface area contributed by atoms with Crippen LogP contribution in [0.4, 0.5) is 17.1 Å². The van der Waals surface area contributed by atoms with Crippen LogP contribution in [-0.4, -0.2) is 44.6 Å². The van der Waals surface area contributed by atoms with Crippen molar-refractivity contribution in [2.24, 2.45) is 0 Å². The van der Waals surface area contributed by atoms with Crippen molar-refractivity contribution >= 4 is 38.1 Å². The van der Waals surface area contributed by atoms with Crippen molar-refractivity contribution in [1.82, 2.24) is 9.97 Å². The minimum atomic E-state index is -3.78. The van der Waals surface area contributed by atoms with Gasteiger partial charge in [-0.05, 0) is 36.4 Å². The van der Waals surface area contributed by atoms with Crippen LogP contribution < -0.4 is 20.2 Å². The number of hydrogen-bond donors (Lipinski definition) is 3. The molecule has 0 atom stereocenters. The molecule has 9 heteroatoms. The summed E-state index contributed by atoms with van der Waals surface area (Å²) in [5, 5.41) is 0. The van der Waals surface area contributed by atoms with Gasteiger partial charge >= 0.3 is 5.69 Å². The molecule has 4 aromatic rings. The Morgan fingerprint density at radius 3 is 1.97 bits per heavy atom. The fraction of sp³-hybridized carbons (Fsp3) is 0.174. The zero-order valence-electron chi connectivity index (χ0n) is 17.3. The van der Waals surface area contributed by atoms with Gasteiger partial charge in [0, 0.05) is 31.9 Å². The van der Waals surface area contributed by atoms with Gasteiger partial charge in [0.2, 0.25) is 0 Å². The molecule has 3 aromatic carbocycles. The average Bonchev–Trinajstić information content (AvgIpc) is 3.18. The number of hydrogen-bond acceptors (Lipinski definition) is 5. The number of aromatic amines is 2. The van der Waals surface area contributed by atoms with E-state index in [0.717, 1.165) is 31.9 Å². The third-order valence-electron chi connectivity index (χ3n) is 5.67. The molecule has 0 amide bonds. The van der Waals surface area contributed by atoms with Crippen molar-refractivity contribution in [3.8, 4) is 0 Å². The molecule has 0 unspecified atom stereocenters. The smallest absolute Gasteiger partial charge is 0.323 e. The second-order valence-corrected chi connectivity index (χ2v) is 9.40. The number of piperazine rings is 1. The Morgan fingerprint density at radius 2 is 1.31 bits per heavy atom. The predicted octanol–water partition coefficient (Wildman–Crippen LogP) is 2.98. The van der Waals surface area contributed by atoms with Crippen molar-refractivity contribution in [1.29, 1.82) is 0 Å². The molecule has 0 aliphatic carbocycles. The summed E-state index contributed by atoms with van der Waals surface area (Å²) < 4.78 is 28.7. The van der Waals surface area contributed by atoms with E-state index in [1.54, 1.807) is 36.4 Å². The summed E-state index contributed by atoms with van der Waals surface area (Å²) >= 11 is 0. The number of aromatic nitrogens is 2. The lowest BCUT2D eigenvalue weighted by atomic mass is 10.2. The molecular weight excluding hydrogens is 426 g/mol. The number of imidazole rings is 1. The lowest BCUT2D eigenvalue weighted by Crippen LogP contribution is -2.46. The Balaban J connectivity index is 1.48. The second kappa shape index (κ2) is 8.08. The number of anilines is 3. The Kier molecular flexibility index (Phi) is 5.10. The van der Waals surface area contributed by atoms with Gasteiger partial charge in [0.25, 0.3) is 10.0 Å². The van der Waals surface area contributed by atoms with Gasteiger partial charge in [-0.2, -0.15) is 0 Å². The molecule has 1 aliphatic heterocycles. The number of nitrogens with one attached hydrogen (secondary N) is 3. The average molecular weight is 450 g/mol. The van der Waals surface area contributed by atoms with Gasteiger partial charge in [-0.25, -0.2) is 13.2 Å². The van der Waals surface area contributed by atoms with E-state index in [0.29, 0.717) is 16.7 Å². The first kappa shape index (κ1) is 20.2. The standard InChI is InChI=1S/C23H23N5O3S/c29-23-24-19-15-21(26-32(30,31)18-9-5-2-6-10-18)22(16-20(19)25-23)28-13-11-27(12-14-28)17-7-3-1-4-8-17/h1-10,15-16,26H,11-14H2,(H2,24,25,29). The van der Waals surface area contributed by atoms with Crippen LogP contribution in [0.5, 0.6) is 0 Å². The Hall–Kier alpha value is -3.72. The van der Waals surface area contributed by atoms with Crippen LogP contribution in [0.25, 0.3) is 11.0 Å². The Morgan fingerprint density at radius 1 is 0.750 bits per heavy atom. The van der Waals surface area contributed by atoms with Crippen molar-refractivity contribution in [3.05, 3.63) is 83.3 Å². The summed E-state index contributed by atoms with van der Waals surface area (Å²) in [6, 6.07) is 22.0. The molecule has 32 heavy (non-hydrogen) atoms. The van der Waals surface area contributed by atoms with Gasteiger partial charge in [0.15, 0.2) is 0 Å². The van der Waals surface area contributed by atoms with Crippen LogP contribution in [-0.2, 0) is 10.0 Å². The highest BCUT2D eigenvalue weighted by Gasteiger charge is 2.23. The quantitative estimate of drug-likeness (QED) is 0.435. The maximum atomic E-state index is 13.0. The fourth-order valence-corrected chi connectivity index (χ4v) is 5.15. The van der Waals surface area contributed by atoms with Crippen LogP contribution >= 0.6 is 0 Å². The van der Waals surface area contributed by atoms with Gasteiger partial charge in [0.05, 0.1) is 27.3 Å². The van der Waals surface area contributed by atoms with Crippen molar-refractivity contribution < 1.29 is 8.42 Å². The highest BCUT2D eigenvalue weighted by molar-refractivity contribution is 7.92. The van der Waals surface area contributed by atoms with E-state index < -0.39 is 10.0 Å². The number of nitrogens with zero attached hydrogens (tertiary/aromatic N) is 2. The van der Waals surface area contributed by atoms with Crippen molar-refractivity contribution in [2.45, 2.75) is 4.90 Å². The third kappa shape index (κ3) is 3.94. The van der Waals surface area contributed by atoms with Crippen LogP contribution in [0, 0.1) is 0 Å². The summed E-state index contributed by atoms with van der Waals surface area (Å²) in [6.45, 7) is 3.04. The molecule has 0 saturated carbocycles. The topological polar surface area (TPSA) is 101 Å². The molecule has 2 heterocycles. The van der Waals surface area contributed by atoms with E-state index >= 15 is 0 Å². The molecule has 164 valence electrons. The van der Waals surface area contributed by atoms with E-state index in [-0.39, 0.29) is 10.6 Å². The van der Waals surface area contributed by atoms with E-state index in [4.69, 9.17) is 0 Å². The fourth-order valence-electron chi connectivity index (χ4n) is 4.06. The van der Waals surface area contributed by atoms with Gasteiger partial charge in [0.1, 0.15) is 0 Å². The molecule has 1 aromatic heterocycles. The minimum Gasteiger partial charge on any atom is -0.368 e. The number of H-pyrrole nitrogens is 2. The summed E-state index contributed by atoms with van der Waals surface area (Å²) in [5.74, 6) is 0. The van der Waals surface area contributed by atoms with Gasteiger partial charge < -0.3 is 19.8 Å². The van der Waals surface area contributed by atoms with E-state index in [9.17, 15) is 13.2 Å². The molecular formula is C23H23N5O3S. The van der Waals surface area contributed by atoms with Crippen LogP contribution in [0.1, 0.15) is 0 Å². The van der Waals surface area contributed by atoms with Crippen molar-refractivity contribution in [3.63, 3.8) is 0 Å². The summed E-state index contributed by atoms with van der Waals surface area (Å²) in [6.07, 6.45) is 0. The molecule has 1 aliphatic rings. The van der Waals surface area contributed by atoms with Crippen LogP contribution in [0.15, 0.2) is 82.5 Å². The van der Waals surface area contributed by atoms with Crippen LogP contribution in [0.2, 0.25) is 0 Å². The van der Waals surface area contributed by atoms with Crippen LogP contribution in [0.3, 0.4) is 0 Å². The Bertz CT molecular complexity index is 1390. The summed E-state index contributed by atoms with van der Waals surface area (Å²) in [4.78, 5) is 21.9. The van der Waals surface area contributed by atoms with E-state index in [1.165, 1.54) is 5.69 Å². The number of rotatable bonds is 5. The van der Waals surface area contributed by atoms with Crippen molar-refractivity contribution in [2.75, 3.05) is 40.7 Å². The Labute approximate surface area is 185 Å². The monoisotopic (exact) mass is 449 g/mol. The minimum absolute atomic E-state index is 0.183. The molecule has 1 saturated heterocycles. The van der Waals surface area contributed by atoms with Gasteiger partial charge in [-0.3, -0.25) is 4.72 Å². The molecule has 1 fully saturated rings. The molecule has 3 N–H and O–H groups in total. The predicted molar refractivity (Wildman–Crippen MR) is 127 cm³/mol. The maximum Gasteiger partial charge on any atom is 0.323 e. The van der Waals surface area contributed by atoms with E-state index in [1.807, 2.05) is 24.3 Å². The molecule has 0 spiro atoms. The zero-order chi connectivity index (χ0) is 22.1. The van der Waals surface area contributed by atoms with Gasteiger partial charge in [-0.1, -0.05) is 36.4 Å². The lowest BCUT2D eigenvalue weighted by Gasteiger charge is -2.38. The van der Waals surface area contributed by atoms with E-state index in [2.05, 4.69) is 36.6 Å². The molecule has 5 rings (SSSR count). The summed E-state index contributed by atoms with van der Waals surface area (Å²) in [7, 11) is -3.78. The largest absolute Gasteiger partial charge is 0.368 e. The molecule has 0 bridgehead atoms. The SMILES string of the molecule is O=c1[nH]c2cc(NS(=O)(=O)c3ccccc3)c(N3CCN(c4ccccc4)CC3)cc2[nH]1. The lowest BCUT2D eigenvalue weighted by molar-refractivity contribution is 0.601. The number of benzene rings is 3. The molecule has 8 nitrogen and oxygen atoms in total. The van der Waals surface area contributed by atoms with Gasteiger partial charge in [-0.15, -0.1) is 0 Å². The first-order chi connectivity index (χ1) is 15.5. The number of para-hydroxylation sites is 1. The third-order valence-corrected chi connectivity index (χ3v) is 7.05.